The first-order valence-electron chi connectivity index (χ1n) is 7.09. The standard InChI is InChI=1S/C14H15F3N2O5S/c1-8(2)18-13(21)24-12-11(20)19(7-25(12,22)23)10-5-3-4-9(6-10)14(15,16)17/h3-6,8,12H,7H2,1-2H3,(H,18,21). The van der Waals surface area contributed by atoms with Crippen molar-refractivity contribution in [2.75, 3.05) is 10.8 Å². The quantitative estimate of drug-likeness (QED) is 0.864. The first-order valence-corrected chi connectivity index (χ1v) is 8.81. The second kappa shape index (κ2) is 6.54. The van der Waals surface area contributed by atoms with Gasteiger partial charge in [-0.2, -0.15) is 13.2 Å². The molecular weight excluding hydrogens is 365 g/mol. The van der Waals surface area contributed by atoms with Crippen LogP contribution in [0.2, 0.25) is 0 Å². The van der Waals surface area contributed by atoms with Crippen LogP contribution in [0.15, 0.2) is 24.3 Å². The SMILES string of the molecule is CC(C)NC(=O)OC1C(=O)N(c2cccc(C(F)(F)F)c2)CS1(=O)=O. The molecule has 2 amide bonds. The van der Waals surface area contributed by atoms with Gasteiger partial charge in [-0.3, -0.25) is 9.69 Å². The molecule has 138 valence electrons. The van der Waals surface area contributed by atoms with Crippen molar-refractivity contribution in [2.45, 2.75) is 31.5 Å². The van der Waals surface area contributed by atoms with Gasteiger partial charge in [0.1, 0.15) is 5.88 Å². The number of carbonyl (C=O) groups excluding carboxylic acids is 2. The van der Waals surface area contributed by atoms with E-state index in [2.05, 4.69) is 10.1 Å². The Labute approximate surface area is 141 Å². The molecule has 1 unspecified atom stereocenters. The van der Waals surface area contributed by atoms with Crippen LogP contribution in [0.25, 0.3) is 0 Å². The molecule has 1 saturated heterocycles. The van der Waals surface area contributed by atoms with E-state index in [1.807, 2.05) is 0 Å². The fraction of sp³-hybridized carbons (Fsp3) is 0.429. The molecular formula is C14H15F3N2O5S. The van der Waals surface area contributed by atoms with Gasteiger partial charge in [-0.1, -0.05) is 6.07 Å². The van der Waals surface area contributed by atoms with Gasteiger partial charge in [0, 0.05) is 11.7 Å². The third kappa shape index (κ3) is 4.21. The van der Waals surface area contributed by atoms with E-state index >= 15 is 0 Å². The highest BCUT2D eigenvalue weighted by Gasteiger charge is 2.48. The smallest absolute Gasteiger partial charge is 0.416 e. The van der Waals surface area contributed by atoms with Crippen LogP contribution in [-0.4, -0.2) is 37.8 Å². The summed E-state index contributed by atoms with van der Waals surface area (Å²) in [7, 11) is -4.20. The van der Waals surface area contributed by atoms with Crippen molar-refractivity contribution < 1.29 is 35.9 Å². The van der Waals surface area contributed by atoms with Crippen LogP contribution >= 0.6 is 0 Å². The number of halogens is 3. The van der Waals surface area contributed by atoms with Gasteiger partial charge in [-0.05, 0) is 32.0 Å². The highest BCUT2D eigenvalue weighted by Crippen LogP contribution is 2.33. The number of alkyl halides is 3. The van der Waals surface area contributed by atoms with E-state index in [-0.39, 0.29) is 11.7 Å². The normalized spacial score (nSPS) is 20.0. The molecule has 25 heavy (non-hydrogen) atoms. The Morgan fingerprint density at radius 3 is 2.56 bits per heavy atom. The second-order valence-electron chi connectivity index (χ2n) is 5.64. The largest absolute Gasteiger partial charge is 0.419 e. The lowest BCUT2D eigenvalue weighted by Crippen LogP contribution is -2.39. The molecule has 1 aliphatic rings. The topological polar surface area (TPSA) is 92.8 Å². The number of sulfone groups is 1. The summed E-state index contributed by atoms with van der Waals surface area (Å²) in [5.41, 5.74) is -3.38. The van der Waals surface area contributed by atoms with Gasteiger partial charge < -0.3 is 10.1 Å². The van der Waals surface area contributed by atoms with Crippen molar-refractivity contribution in [3.63, 3.8) is 0 Å². The minimum atomic E-state index is -4.65. The van der Waals surface area contributed by atoms with Gasteiger partial charge in [0.2, 0.25) is 9.84 Å². The summed E-state index contributed by atoms with van der Waals surface area (Å²) < 4.78 is 67.1. The van der Waals surface area contributed by atoms with Gasteiger partial charge in [0.15, 0.2) is 0 Å². The monoisotopic (exact) mass is 380 g/mol. The predicted molar refractivity (Wildman–Crippen MR) is 81.3 cm³/mol. The van der Waals surface area contributed by atoms with Crippen molar-refractivity contribution in [1.82, 2.24) is 5.32 Å². The zero-order valence-electron chi connectivity index (χ0n) is 13.2. The molecule has 1 aliphatic heterocycles. The van der Waals surface area contributed by atoms with Crippen LogP contribution in [0.5, 0.6) is 0 Å². The number of hydrogen-bond acceptors (Lipinski definition) is 5. The van der Waals surface area contributed by atoms with Crippen molar-refractivity contribution >= 4 is 27.5 Å². The Morgan fingerprint density at radius 2 is 2.00 bits per heavy atom. The Kier molecular flexibility index (Phi) is 4.98. The van der Waals surface area contributed by atoms with E-state index in [0.717, 1.165) is 12.1 Å². The molecule has 1 fully saturated rings. The van der Waals surface area contributed by atoms with E-state index in [9.17, 15) is 31.2 Å². The number of benzene rings is 1. The van der Waals surface area contributed by atoms with E-state index in [1.54, 1.807) is 13.8 Å². The first kappa shape index (κ1) is 19.0. The van der Waals surface area contributed by atoms with Crippen molar-refractivity contribution in [3.8, 4) is 0 Å². The number of nitrogens with zero attached hydrogens (tertiary/aromatic N) is 1. The molecule has 1 heterocycles. The lowest BCUT2D eigenvalue weighted by Gasteiger charge is -2.17. The van der Waals surface area contributed by atoms with Crippen LogP contribution in [-0.2, 0) is 25.5 Å². The summed E-state index contributed by atoms with van der Waals surface area (Å²) in [5, 5.41) is 2.27. The van der Waals surface area contributed by atoms with Gasteiger partial charge in [-0.25, -0.2) is 13.2 Å². The molecule has 7 nitrogen and oxygen atoms in total. The Morgan fingerprint density at radius 1 is 1.36 bits per heavy atom. The minimum absolute atomic E-state index is 0.251. The molecule has 2 rings (SSSR count). The molecule has 0 radical (unpaired) electrons. The number of nitrogens with one attached hydrogen (secondary N) is 1. The second-order valence-corrected chi connectivity index (χ2v) is 7.65. The molecule has 0 bridgehead atoms. The molecule has 1 atom stereocenters. The highest BCUT2D eigenvalue weighted by molar-refractivity contribution is 7.93. The number of amides is 2. The van der Waals surface area contributed by atoms with Crippen LogP contribution in [0, 0.1) is 0 Å². The number of anilines is 1. The highest BCUT2D eigenvalue weighted by atomic mass is 32.2. The van der Waals surface area contributed by atoms with Gasteiger partial charge >= 0.3 is 12.3 Å². The molecule has 11 heteroatoms. The molecule has 0 aliphatic carbocycles. The molecule has 1 aromatic carbocycles. The van der Waals surface area contributed by atoms with E-state index in [1.165, 1.54) is 6.07 Å². The van der Waals surface area contributed by atoms with Crippen LogP contribution in [0.3, 0.4) is 0 Å². The number of carbonyl (C=O) groups is 2. The summed E-state index contributed by atoms with van der Waals surface area (Å²) in [6.07, 6.45) is -5.76. The summed E-state index contributed by atoms with van der Waals surface area (Å²) in [6, 6.07) is 3.31. The molecule has 0 saturated carbocycles. The maximum atomic E-state index is 12.8. The summed E-state index contributed by atoms with van der Waals surface area (Å²) >= 11 is 0. The lowest BCUT2D eigenvalue weighted by molar-refractivity contribution is -0.137. The summed E-state index contributed by atoms with van der Waals surface area (Å²) in [5.74, 6) is -2.01. The van der Waals surface area contributed by atoms with Crippen molar-refractivity contribution in [2.24, 2.45) is 0 Å². The molecule has 1 aromatic rings. The summed E-state index contributed by atoms with van der Waals surface area (Å²) in [4.78, 5) is 24.5. The van der Waals surface area contributed by atoms with Crippen LogP contribution in [0.4, 0.5) is 23.7 Å². The maximum Gasteiger partial charge on any atom is 0.416 e. The number of ether oxygens (including phenoxy) is 1. The zero-order chi connectivity index (χ0) is 19.0. The minimum Gasteiger partial charge on any atom is -0.419 e. The van der Waals surface area contributed by atoms with Crippen LogP contribution in [0.1, 0.15) is 19.4 Å². The van der Waals surface area contributed by atoms with Crippen molar-refractivity contribution in [3.05, 3.63) is 29.8 Å². The van der Waals surface area contributed by atoms with Crippen LogP contribution < -0.4 is 10.2 Å². The molecule has 1 N–H and O–H groups in total. The summed E-state index contributed by atoms with van der Waals surface area (Å²) in [6.45, 7) is 3.20. The zero-order valence-corrected chi connectivity index (χ0v) is 14.0. The Bertz CT molecular complexity index is 792. The fourth-order valence-electron chi connectivity index (χ4n) is 2.13. The predicted octanol–water partition coefficient (Wildman–Crippen LogP) is 1.89. The van der Waals surface area contributed by atoms with Gasteiger partial charge in [0.25, 0.3) is 11.3 Å². The Balaban J connectivity index is 2.28. The van der Waals surface area contributed by atoms with Gasteiger partial charge in [0.05, 0.1) is 5.56 Å². The van der Waals surface area contributed by atoms with Crippen molar-refractivity contribution in [1.29, 1.82) is 0 Å². The average molecular weight is 380 g/mol. The lowest BCUT2D eigenvalue weighted by atomic mass is 10.2. The molecule has 0 spiro atoms. The number of hydrogen-bond donors (Lipinski definition) is 1. The first-order chi connectivity index (χ1) is 11.4. The maximum absolute atomic E-state index is 12.8. The fourth-order valence-corrected chi connectivity index (χ4v) is 3.57. The van der Waals surface area contributed by atoms with Gasteiger partial charge in [-0.15, -0.1) is 0 Å². The third-order valence-corrected chi connectivity index (χ3v) is 4.78. The van der Waals surface area contributed by atoms with E-state index in [0.29, 0.717) is 11.0 Å². The number of rotatable bonds is 3. The van der Waals surface area contributed by atoms with E-state index in [4.69, 9.17) is 0 Å². The Hall–Kier alpha value is -2.30. The number of alkyl carbamates (subject to hydrolysis) is 1. The third-order valence-electron chi connectivity index (χ3n) is 3.21. The average Bonchev–Trinajstić information content (AvgIpc) is 2.69. The molecule has 0 aromatic heterocycles. The van der Waals surface area contributed by atoms with E-state index < -0.39 is 44.9 Å².